The molecule has 6 heteroatoms. The fourth-order valence-corrected chi connectivity index (χ4v) is 3.56. The molecule has 3 rings (SSSR count). The minimum atomic E-state index is -0.767. The highest BCUT2D eigenvalue weighted by molar-refractivity contribution is 5.99. The maximum absolute atomic E-state index is 13.5. The fourth-order valence-electron chi connectivity index (χ4n) is 3.56. The molecule has 1 aromatic carbocycles. The number of benzene rings is 1. The number of halogens is 1. The highest BCUT2D eigenvalue weighted by Crippen LogP contribution is 2.36. The number of amides is 1. The summed E-state index contributed by atoms with van der Waals surface area (Å²) in [6.45, 7) is 1.24. The molecule has 5 nitrogen and oxygen atoms in total. The molecular formula is C17H21FN2O3. The third-order valence-electron chi connectivity index (χ3n) is 4.99. The van der Waals surface area contributed by atoms with Gasteiger partial charge in [-0.1, -0.05) is 0 Å². The maximum atomic E-state index is 13.5. The van der Waals surface area contributed by atoms with Crippen LogP contribution in [0.5, 0.6) is 0 Å². The van der Waals surface area contributed by atoms with E-state index in [0.717, 1.165) is 11.4 Å². The monoisotopic (exact) mass is 320 g/mol. The normalized spacial score (nSPS) is 24.3. The summed E-state index contributed by atoms with van der Waals surface area (Å²) in [5, 5.41) is 9.06. The van der Waals surface area contributed by atoms with Gasteiger partial charge in [-0.05, 0) is 43.9 Å². The molecule has 0 spiro atoms. The lowest BCUT2D eigenvalue weighted by Gasteiger charge is -2.38. The number of carboxylic acids is 1. The first-order chi connectivity index (χ1) is 11.0. The van der Waals surface area contributed by atoms with Crippen molar-refractivity contribution >= 4 is 23.3 Å². The second-order valence-electron chi connectivity index (χ2n) is 6.43. The van der Waals surface area contributed by atoms with Crippen molar-refractivity contribution in [1.29, 1.82) is 0 Å². The van der Waals surface area contributed by atoms with E-state index in [9.17, 15) is 14.0 Å². The molecule has 1 fully saturated rings. The maximum Gasteiger partial charge on any atom is 0.306 e. The number of likely N-dealkylation sites (N-methyl/N-ethyl adjacent to an activating group) is 1. The molecule has 0 aromatic heterocycles. The number of nitrogens with zero attached hydrogens (tertiary/aromatic N) is 2. The summed E-state index contributed by atoms with van der Waals surface area (Å²) in [7, 11) is 1.89. The number of rotatable bonds is 2. The first-order valence-electron chi connectivity index (χ1n) is 8.02. The Morgan fingerprint density at radius 2 is 1.74 bits per heavy atom. The Hall–Kier alpha value is -2.11. The summed E-state index contributed by atoms with van der Waals surface area (Å²) in [5.41, 5.74) is 1.47. The molecule has 1 aromatic rings. The molecule has 2 aliphatic rings. The molecule has 1 amide bonds. The van der Waals surface area contributed by atoms with E-state index in [-0.39, 0.29) is 23.6 Å². The van der Waals surface area contributed by atoms with Gasteiger partial charge in [-0.25, -0.2) is 4.39 Å². The third-order valence-corrected chi connectivity index (χ3v) is 4.99. The summed E-state index contributed by atoms with van der Waals surface area (Å²) in [6, 6.07) is 4.48. The highest BCUT2D eigenvalue weighted by atomic mass is 19.1. The van der Waals surface area contributed by atoms with Crippen LogP contribution in [0.2, 0.25) is 0 Å². The van der Waals surface area contributed by atoms with Crippen molar-refractivity contribution < 1.29 is 19.1 Å². The molecule has 1 heterocycles. The zero-order valence-corrected chi connectivity index (χ0v) is 13.2. The van der Waals surface area contributed by atoms with E-state index in [1.54, 1.807) is 11.0 Å². The van der Waals surface area contributed by atoms with Crippen molar-refractivity contribution in [2.24, 2.45) is 11.8 Å². The van der Waals surface area contributed by atoms with Crippen LogP contribution < -0.4 is 9.80 Å². The molecule has 0 saturated heterocycles. The number of anilines is 2. The summed E-state index contributed by atoms with van der Waals surface area (Å²) in [5.74, 6) is -1.50. The zero-order chi connectivity index (χ0) is 16.6. The van der Waals surface area contributed by atoms with Gasteiger partial charge in [0.1, 0.15) is 5.82 Å². The molecule has 1 aliphatic carbocycles. The zero-order valence-electron chi connectivity index (χ0n) is 13.2. The van der Waals surface area contributed by atoms with E-state index in [1.165, 1.54) is 12.1 Å². The largest absolute Gasteiger partial charge is 0.481 e. The molecule has 0 bridgehead atoms. The Morgan fingerprint density at radius 3 is 2.39 bits per heavy atom. The second kappa shape index (κ2) is 6.18. The van der Waals surface area contributed by atoms with Crippen molar-refractivity contribution in [3.8, 4) is 0 Å². The highest BCUT2D eigenvalue weighted by Gasteiger charge is 2.34. The molecule has 124 valence electrons. The number of hydrogen-bond donors (Lipinski definition) is 1. The lowest BCUT2D eigenvalue weighted by molar-refractivity contribution is -0.144. The minimum absolute atomic E-state index is 0.0368. The van der Waals surface area contributed by atoms with Crippen molar-refractivity contribution in [1.82, 2.24) is 0 Å². The van der Waals surface area contributed by atoms with Gasteiger partial charge in [-0.3, -0.25) is 9.59 Å². The van der Waals surface area contributed by atoms with Gasteiger partial charge in [0.2, 0.25) is 5.91 Å². The lowest BCUT2D eigenvalue weighted by atomic mass is 9.81. The van der Waals surface area contributed by atoms with Gasteiger partial charge in [-0.2, -0.15) is 0 Å². The summed E-state index contributed by atoms with van der Waals surface area (Å²) in [6.07, 6.45) is 2.32. The predicted octanol–water partition coefficient (Wildman–Crippen LogP) is 2.50. The fraction of sp³-hybridized carbons (Fsp3) is 0.529. The number of carbonyl (C=O) groups excluding carboxylic acids is 1. The average Bonchev–Trinajstić information content (AvgIpc) is 2.55. The van der Waals surface area contributed by atoms with Crippen LogP contribution in [0.4, 0.5) is 15.8 Å². The molecule has 1 N–H and O–H groups in total. The first-order valence-corrected chi connectivity index (χ1v) is 8.02. The van der Waals surface area contributed by atoms with Crippen LogP contribution in [-0.4, -0.2) is 37.1 Å². The van der Waals surface area contributed by atoms with Crippen molar-refractivity contribution in [3.05, 3.63) is 24.0 Å². The smallest absolute Gasteiger partial charge is 0.306 e. The van der Waals surface area contributed by atoms with Crippen molar-refractivity contribution in [2.45, 2.75) is 25.7 Å². The number of carboxylic acid groups (broad SMARTS) is 1. The van der Waals surface area contributed by atoms with Gasteiger partial charge in [0, 0.05) is 26.1 Å². The van der Waals surface area contributed by atoms with E-state index in [1.807, 2.05) is 11.9 Å². The summed E-state index contributed by atoms with van der Waals surface area (Å²) >= 11 is 0. The quantitative estimate of drug-likeness (QED) is 0.909. The van der Waals surface area contributed by atoms with Crippen LogP contribution in [0.1, 0.15) is 25.7 Å². The molecule has 1 aliphatic heterocycles. The van der Waals surface area contributed by atoms with Crippen LogP contribution in [0.3, 0.4) is 0 Å². The lowest BCUT2D eigenvalue weighted by Crippen LogP contribution is -2.46. The number of aliphatic carboxylic acids is 1. The minimum Gasteiger partial charge on any atom is -0.481 e. The van der Waals surface area contributed by atoms with E-state index in [4.69, 9.17) is 5.11 Å². The van der Waals surface area contributed by atoms with Crippen LogP contribution in [-0.2, 0) is 9.59 Å². The molecule has 0 unspecified atom stereocenters. The van der Waals surface area contributed by atoms with Gasteiger partial charge in [0.05, 0.1) is 17.3 Å². The van der Waals surface area contributed by atoms with Gasteiger partial charge >= 0.3 is 5.97 Å². The number of fused-ring (bicyclic) bond motifs is 1. The Morgan fingerprint density at radius 1 is 1.09 bits per heavy atom. The van der Waals surface area contributed by atoms with Crippen LogP contribution in [0.15, 0.2) is 18.2 Å². The molecule has 0 atom stereocenters. The predicted molar refractivity (Wildman–Crippen MR) is 85.1 cm³/mol. The summed E-state index contributed by atoms with van der Waals surface area (Å²) < 4.78 is 13.5. The SMILES string of the molecule is CN1CCN(C(=O)C2CCC(C(=O)O)CC2)c2ccc(F)cc21. The first kappa shape index (κ1) is 15.8. The van der Waals surface area contributed by atoms with E-state index in [2.05, 4.69) is 0 Å². The van der Waals surface area contributed by atoms with Gasteiger partial charge < -0.3 is 14.9 Å². The van der Waals surface area contributed by atoms with Crippen LogP contribution in [0.25, 0.3) is 0 Å². The summed E-state index contributed by atoms with van der Waals surface area (Å²) in [4.78, 5) is 27.6. The van der Waals surface area contributed by atoms with Gasteiger partial charge in [0.25, 0.3) is 0 Å². The Bertz CT molecular complexity index is 626. The van der Waals surface area contributed by atoms with Crippen molar-refractivity contribution in [2.75, 3.05) is 29.9 Å². The number of carbonyl (C=O) groups is 2. The van der Waals surface area contributed by atoms with Gasteiger partial charge in [-0.15, -0.1) is 0 Å². The van der Waals surface area contributed by atoms with Gasteiger partial charge in [0.15, 0.2) is 0 Å². The van der Waals surface area contributed by atoms with E-state index >= 15 is 0 Å². The van der Waals surface area contributed by atoms with E-state index in [0.29, 0.717) is 38.8 Å². The van der Waals surface area contributed by atoms with E-state index < -0.39 is 5.97 Å². The Balaban J connectivity index is 1.77. The standard InChI is InChI=1S/C17H21FN2O3/c1-19-8-9-20(14-7-6-13(18)10-15(14)19)16(21)11-2-4-12(5-3-11)17(22)23/h6-7,10-12H,2-5,8-9H2,1H3,(H,22,23). The van der Waals surface area contributed by atoms with Crippen LogP contribution in [0, 0.1) is 17.7 Å². The third kappa shape index (κ3) is 3.02. The Labute approximate surface area is 134 Å². The van der Waals surface area contributed by atoms with Crippen molar-refractivity contribution in [3.63, 3.8) is 0 Å². The topological polar surface area (TPSA) is 60.9 Å². The molecule has 1 saturated carbocycles. The average molecular weight is 320 g/mol. The molecular weight excluding hydrogens is 299 g/mol. The second-order valence-corrected chi connectivity index (χ2v) is 6.43. The number of hydrogen-bond acceptors (Lipinski definition) is 3. The molecule has 23 heavy (non-hydrogen) atoms. The Kier molecular flexibility index (Phi) is 4.24. The molecule has 0 radical (unpaired) electrons. The van der Waals surface area contributed by atoms with Crippen LogP contribution >= 0.6 is 0 Å².